The Labute approximate surface area is 92.3 Å². The van der Waals surface area contributed by atoms with E-state index >= 15 is 0 Å². The first kappa shape index (κ1) is 9.99. The molecule has 0 saturated carbocycles. The van der Waals surface area contributed by atoms with Gasteiger partial charge >= 0.3 is 0 Å². The van der Waals surface area contributed by atoms with Crippen LogP contribution in [0.15, 0.2) is 42.5 Å². The number of benzene rings is 2. The minimum absolute atomic E-state index is 0.265. The Kier molecular flexibility index (Phi) is 2.60. The molecule has 3 heteroatoms. The van der Waals surface area contributed by atoms with Crippen LogP contribution in [0.3, 0.4) is 0 Å². The van der Waals surface area contributed by atoms with Crippen LogP contribution in [0.5, 0.6) is 0 Å². The SMILES string of the molecule is Nc1ccc(-c2ccccc2F)cc1Cl. The van der Waals surface area contributed by atoms with Gasteiger partial charge in [0.25, 0.3) is 0 Å². The van der Waals surface area contributed by atoms with Crippen molar-refractivity contribution < 1.29 is 4.39 Å². The van der Waals surface area contributed by atoms with Crippen molar-refractivity contribution in [2.24, 2.45) is 0 Å². The quantitative estimate of drug-likeness (QED) is 0.730. The topological polar surface area (TPSA) is 26.0 Å². The summed E-state index contributed by atoms with van der Waals surface area (Å²) in [5, 5.41) is 0.441. The summed E-state index contributed by atoms with van der Waals surface area (Å²) in [6.07, 6.45) is 0. The van der Waals surface area contributed by atoms with Crippen LogP contribution in [0, 0.1) is 5.82 Å². The fourth-order valence-corrected chi connectivity index (χ4v) is 1.57. The van der Waals surface area contributed by atoms with E-state index < -0.39 is 0 Å². The van der Waals surface area contributed by atoms with E-state index in [1.807, 2.05) is 0 Å². The van der Waals surface area contributed by atoms with Crippen LogP contribution >= 0.6 is 11.6 Å². The molecule has 1 nitrogen and oxygen atoms in total. The molecule has 0 aromatic heterocycles. The zero-order valence-corrected chi connectivity index (χ0v) is 8.63. The van der Waals surface area contributed by atoms with Crippen molar-refractivity contribution in [1.29, 1.82) is 0 Å². The first-order chi connectivity index (χ1) is 7.18. The first-order valence-electron chi connectivity index (χ1n) is 4.48. The number of halogens is 2. The summed E-state index contributed by atoms with van der Waals surface area (Å²) in [7, 11) is 0. The van der Waals surface area contributed by atoms with E-state index in [9.17, 15) is 4.39 Å². The van der Waals surface area contributed by atoms with Gasteiger partial charge in [-0.15, -0.1) is 0 Å². The number of hydrogen-bond donors (Lipinski definition) is 1. The zero-order chi connectivity index (χ0) is 10.8. The van der Waals surface area contributed by atoms with Gasteiger partial charge in [-0.2, -0.15) is 0 Å². The van der Waals surface area contributed by atoms with E-state index in [1.54, 1.807) is 36.4 Å². The maximum absolute atomic E-state index is 13.4. The van der Waals surface area contributed by atoms with E-state index in [2.05, 4.69) is 0 Å². The van der Waals surface area contributed by atoms with Gasteiger partial charge in [-0.1, -0.05) is 35.9 Å². The van der Waals surface area contributed by atoms with Gasteiger partial charge < -0.3 is 5.73 Å². The Morgan fingerprint density at radius 3 is 2.47 bits per heavy atom. The monoisotopic (exact) mass is 221 g/mol. The molecule has 0 bridgehead atoms. The van der Waals surface area contributed by atoms with Crippen LogP contribution in [0.1, 0.15) is 0 Å². The first-order valence-corrected chi connectivity index (χ1v) is 4.86. The summed E-state index contributed by atoms with van der Waals surface area (Å²) < 4.78 is 13.4. The summed E-state index contributed by atoms with van der Waals surface area (Å²) >= 11 is 5.87. The zero-order valence-electron chi connectivity index (χ0n) is 7.87. The van der Waals surface area contributed by atoms with Crippen LogP contribution < -0.4 is 5.73 Å². The highest BCUT2D eigenvalue weighted by Crippen LogP contribution is 2.28. The Hall–Kier alpha value is -1.54. The second-order valence-electron chi connectivity index (χ2n) is 3.22. The number of hydrogen-bond acceptors (Lipinski definition) is 1. The lowest BCUT2D eigenvalue weighted by molar-refractivity contribution is 0.631. The van der Waals surface area contributed by atoms with Gasteiger partial charge in [0, 0.05) is 5.56 Å². The van der Waals surface area contributed by atoms with Crippen molar-refractivity contribution >= 4 is 17.3 Å². The van der Waals surface area contributed by atoms with E-state index in [4.69, 9.17) is 17.3 Å². The van der Waals surface area contributed by atoms with E-state index in [1.165, 1.54) is 6.07 Å². The maximum Gasteiger partial charge on any atom is 0.131 e. The van der Waals surface area contributed by atoms with Crippen molar-refractivity contribution in [2.45, 2.75) is 0 Å². The summed E-state index contributed by atoms with van der Waals surface area (Å²) in [6, 6.07) is 11.6. The Morgan fingerprint density at radius 1 is 1.07 bits per heavy atom. The average molecular weight is 222 g/mol. The molecule has 0 atom stereocenters. The van der Waals surface area contributed by atoms with Gasteiger partial charge in [-0.05, 0) is 23.8 Å². The molecular formula is C12H9ClFN. The second-order valence-corrected chi connectivity index (χ2v) is 3.62. The highest BCUT2D eigenvalue weighted by molar-refractivity contribution is 6.33. The number of rotatable bonds is 1. The average Bonchev–Trinajstić information content (AvgIpc) is 2.23. The smallest absolute Gasteiger partial charge is 0.131 e. The molecule has 0 aliphatic heterocycles. The van der Waals surface area contributed by atoms with Crippen molar-refractivity contribution in [2.75, 3.05) is 5.73 Å². The third-order valence-electron chi connectivity index (χ3n) is 2.19. The molecule has 0 amide bonds. The fraction of sp³-hybridized carbons (Fsp3) is 0. The van der Waals surface area contributed by atoms with E-state index in [0.29, 0.717) is 16.3 Å². The predicted octanol–water partition coefficient (Wildman–Crippen LogP) is 3.73. The molecule has 2 rings (SSSR count). The molecule has 0 saturated heterocycles. The summed E-state index contributed by atoms with van der Waals surface area (Å²) in [5.74, 6) is -0.265. The van der Waals surface area contributed by atoms with Gasteiger partial charge in [0.2, 0.25) is 0 Å². The van der Waals surface area contributed by atoms with Gasteiger partial charge in [0.05, 0.1) is 10.7 Å². The van der Waals surface area contributed by atoms with Crippen LogP contribution in [0.2, 0.25) is 5.02 Å². The molecule has 2 aromatic carbocycles. The predicted molar refractivity (Wildman–Crippen MR) is 61.3 cm³/mol. The Morgan fingerprint density at radius 2 is 1.80 bits per heavy atom. The number of nitrogen functional groups attached to an aromatic ring is 1. The molecule has 0 aliphatic rings. The number of anilines is 1. The van der Waals surface area contributed by atoms with Crippen LogP contribution in [-0.2, 0) is 0 Å². The molecule has 0 radical (unpaired) electrons. The standard InChI is InChI=1S/C12H9ClFN/c13-10-7-8(5-6-12(10)15)9-3-1-2-4-11(9)14/h1-7H,15H2. The van der Waals surface area contributed by atoms with Crippen LogP contribution in [-0.4, -0.2) is 0 Å². The largest absolute Gasteiger partial charge is 0.398 e. The molecule has 0 aliphatic carbocycles. The molecule has 15 heavy (non-hydrogen) atoms. The molecule has 0 fully saturated rings. The van der Waals surface area contributed by atoms with Crippen molar-refractivity contribution in [1.82, 2.24) is 0 Å². The lowest BCUT2D eigenvalue weighted by Crippen LogP contribution is -1.88. The maximum atomic E-state index is 13.4. The third-order valence-corrected chi connectivity index (χ3v) is 2.51. The van der Waals surface area contributed by atoms with Gasteiger partial charge in [-0.25, -0.2) is 4.39 Å². The third kappa shape index (κ3) is 1.95. The second kappa shape index (κ2) is 3.91. The molecule has 76 valence electrons. The summed E-state index contributed by atoms with van der Waals surface area (Å²) in [4.78, 5) is 0. The normalized spacial score (nSPS) is 10.3. The van der Waals surface area contributed by atoms with Gasteiger partial charge in [-0.3, -0.25) is 0 Å². The fourth-order valence-electron chi connectivity index (χ4n) is 1.39. The number of nitrogens with two attached hydrogens (primary N) is 1. The van der Waals surface area contributed by atoms with Gasteiger partial charge in [0.1, 0.15) is 5.82 Å². The lowest BCUT2D eigenvalue weighted by Gasteiger charge is -2.05. The summed E-state index contributed by atoms with van der Waals surface area (Å²) in [5.41, 5.74) is 7.33. The lowest BCUT2D eigenvalue weighted by atomic mass is 10.1. The Balaban J connectivity index is 2.55. The van der Waals surface area contributed by atoms with Crippen LogP contribution in [0.4, 0.5) is 10.1 Å². The van der Waals surface area contributed by atoms with Crippen molar-refractivity contribution in [3.05, 3.63) is 53.3 Å². The molecule has 0 heterocycles. The van der Waals surface area contributed by atoms with Crippen molar-refractivity contribution in [3.63, 3.8) is 0 Å². The summed E-state index contributed by atoms with van der Waals surface area (Å²) in [6.45, 7) is 0. The highest BCUT2D eigenvalue weighted by atomic mass is 35.5. The van der Waals surface area contributed by atoms with Gasteiger partial charge in [0.15, 0.2) is 0 Å². The molecule has 0 spiro atoms. The van der Waals surface area contributed by atoms with Crippen molar-refractivity contribution in [3.8, 4) is 11.1 Å². The molecular weight excluding hydrogens is 213 g/mol. The van der Waals surface area contributed by atoms with E-state index in [-0.39, 0.29) is 5.82 Å². The molecule has 2 N–H and O–H groups in total. The molecule has 0 unspecified atom stereocenters. The van der Waals surface area contributed by atoms with Crippen LogP contribution in [0.25, 0.3) is 11.1 Å². The minimum Gasteiger partial charge on any atom is -0.398 e. The van der Waals surface area contributed by atoms with E-state index in [0.717, 1.165) is 5.56 Å². The highest BCUT2D eigenvalue weighted by Gasteiger charge is 2.05. The molecule has 2 aromatic rings. The Bertz CT molecular complexity index is 497. The minimum atomic E-state index is -0.265.